The molecule has 1 heterocycles. The minimum atomic E-state index is -1.61. The Labute approximate surface area is 103 Å². The van der Waals surface area contributed by atoms with Crippen LogP contribution in [0.5, 0.6) is 0 Å². The van der Waals surface area contributed by atoms with E-state index in [-0.39, 0.29) is 19.5 Å². The maximum Gasteiger partial charge on any atom is 0.489 e. The van der Waals surface area contributed by atoms with Crippen molar-refractivity contribution in [2.24, 2.45) is 0 Å². The number of hydrogen-bond acceptors (Lipinski definition) is 9. The Kier molecular flexibility index (Phi) is 6.42. The first-order valence-electron chi connectivity index (χ1n) is 5.41. The lowest BCUT2D eigenvalue weighted by atomic mass is 9.87. The van der Waals surface area contributed by atoms with Gasteiger partial charge < -0.3 is 34.9 Å². The van der Waals surface area contributed by atoms with Crippen LogP contribution in [0.3, 0.4) is 0 Å². The van der Waals surface area contributed by atoms with Crippen LogP contribution in [-0.2, 0) is 14.3 Å². The number of hydrogen-bond donors (Lipinski definition) is 6. The van der Waals surface area contributed by atoms with Gasteiger partial charge in [0.05, 0.1) is 6.61 Å². The molecule has 9 nitrogen and oxygen atoms in total. The molecule has 10 heteroatoms. The van der Waals surface area contributed by atoms with Crippen LogP contribution in [0.25, 0.3) is 0 Å². The smallest absolute Gasteiger partial charge is 0.425 e. The van der Waals surface area contributed by atoms with Crippen molar-refractivity contribution < 1.29 is 45.0 Å². The monoisotopic (exact) mass is 268 g/mol. The average molecular weight is 268 g/mol. The fourth-order valence-corrected chi connectivity index (χ4v) is 1.50. The van der Waals surface area contributed by atoms with Gasteiger partial charge in [0.25, 0.3) is 0 Å². The first kappa shape index (κ1) is 15.8. The molecule has 0 aromatic rings. The van der Waals surface area contributed by atoms with E-state index in [1.165, 1.54) is 0 Å². The van der Waals surface area contributed by atoms with Crippen molar-refractivity contribution in [3.63, 3.8) is 0 Å². The van der Waals surface area contributed by atoms with Crippen LogP contribution < -0.4 is 0 Å². The third-order valence-electron chi connectivity index (χ3n) is 2.60. The van der Waals surface area contributed by atoms with Gasteiger partial charge in [-0.05, 0) is 0 Å². The van der Waals surface area contributed by atoms with Crippen LogP contribution in [-0.4, -0.2) is 81.7 Å². The molecule has 6 N–H and O–H groups in total. The van der Waals surface area contributed by atoms with Gasteiger partial charge in [0.1, 0.15) is 24.4 Å². The molecule has 1 rings (SSSR count). The second kappa shape index (κ2) is 7.33. The molecule has 18 heavy (non-hydrogen) atoms. The molecule has 0 bridgehead atoms. The highest BCUT2D eigenvalue weighted by Gasteiger charge is 2.42. The van der Waals surface area contributed by atoms with Gasteiger partial charge in [0.15, 0.2) is 6.29 Å². The van der Waals surface area contributed by atoms with E-state index >= 15 is 0 Å². The fourth-order valence-electron chi connectivity index (χ4n) is 1.50. The third kappa shape index (κ3) is 4.12. The molecule has 106 valence electrons. The number of ether oxygens (including phenoxy) is 2. The van der Waals surface area contributed by atoms with Crippen LogP contribution in [0, 0.1) is 0 Å². The minimum absolute atomic E-state index is 0.00303. The SMILES string of the molecule is OOB(O)CCOC[C@H]1OC(O)[C@@H](O)C(O)[C@H]1O. The van der Waals surface area contributed by atoms with E-state index in [2.05, 4.69) is 4.81 Å². The predicted molar refractivity (Wildman–Crippen MR) is 56.2 cm³/mol. The van der Waals surface area contributed by atoms with Gasteiger partial charge in [-0.25, -0.2) is 0 Å². The summed E-state index contributed by atoms with van der Waals surface area (Å²) in [6.07, 6.45) is -7.14. The molecule has 0 aliphatic carbocycles. The van der Waals surface area contributed by atoms with E-state index in [1.807, 2.05) is 0 Å². The van der Waals surface area contributed by atoms with E-state index in [0.717, 1.165) is 0 Å². The van der Waals surface area contributed by atoms with Crippen molar-refractivity contribution in [2.75, 3.05) is 13.2 Å². The Bertz CT molecular complexity index is 243. The molecule has 0 spiro atoms. The van der Waals surface area contributed by atoms with Crippen LogP contribution in [0.15, 0.2) is 0 Å². The van der Waals surface area contributed by atoms with Crippen molar-refractivity contribution in [3.8, 4) is 0 Å². The zero-order valence-electron chi connectivity index (χ0n) is 9.49. The van der Waals surface area contributed by atoms with Crippen molar-refractivity contribution in [1.29, 1.82) is 0 Å². The van der Waals surface area contributed by atoms with Gasteiger partial charge in [-0.1, -0.05) is 0 Å². The molecule has 1 saturated heterocycles. The molecule has 5 atom stereocenters. The maximum atomic E-state index is 9.54. The quantitative estimate of drug-likeness (QED) is 0.126. The topological polar surface area (TPSA) is 149 Å². The minimum Gasteiger partial charge on any atom is -0.425 e. The first-order chi connectivity index (χ1) is 8.47. The van der Waals surface area contributed by atoms with Gasteiger partial charge in [0.2, 0.25) is 0 Å². The lowest BCUT2D eigenvalue weighted by Gasteiger charge is -2.38. The van der Waals surface area contributed by atoms with Crippen LogP contribution in [0.2, 0.25) is 6.32 Å². The normalized spacial score (nSPS) is 36.7. The van der Waals surface area contributed by atoms with Gasteiger partial charge in [-0.2, -0.15) is 0 Å². The summed E-state index contributed by atoms with van der Waals surface area (Å²) in [5.74, 6) is 0. The van der Waals surface area contributed by atoms with Crippen LogP contribution in [0.4, 0.5) is 0 Å². The molecule has 1 aliphatic rings. The van der Waals surface area contributed by atoms with Gasteiger partial charge in [-0.3, -0.25) is 10.1 Å². The summed E-state index contributed by atoms with van der Waals surface area (Å²) in [4.78, 5) is 3.59. The summed E-state index contributed by atoms with van der Waals surface area (Å²) in [5.41, 5.74) is 0. The lowest BCUT2D eigenvalue weighted by molar-refractivity contribution is -0.288. The molecular weight excluding hydrogens is 251 g/mol. The van der Waals surface area contributed by atoms with Crippen molar-refractivity contribution in [2.45, 2.75) is 37.0 Å². The zero-order valence-corrected chi connectivity index (χ0v) is 9.49. The summed E-state index contributed by atoms with van der Waals surface area (Å²) >= 11 is 0. The highest BCUT2D eigenvalue weighted by Crippen LogP contribution is 2.20. The second-order valence-corrected chi connectivity index (χ2v) is 3.96. The highest BCUT2D eigenvalue weighted by molar-refractivity contribution is 6.42. The summed E-state index contributed by atoms with van der Waals surface area (Å²) in [5, 5.41) is 54.2. The summed E-state index contributed by atoms with van der Waals surface area (Å²) in [7, 11) is -1.37. The molecule has 0 aromatic heterocycles. The highest BCUT2D eigenvalue weighted by atomic mass is 17.1. The Morgan fingerprint density at radius 2 is 1.72 bits per heavy atom. The second-order valence-electron chi connectivity index (χ2n) is 3.96. The molecule has 0 aromatic carbocycles. The van der Waals surface area contributed by atoms with Crippen LogP contribution in [0.1, 0.15) is 0 Å². The standard InChI is InChI=1S/C8H17BO9/c10-5-4(3-16-2-1-9(14)18-15)17-8(13)7(12)6(5)11/h4-8,10-15H,1-3H2/t4-,5+,6?,7+,8?/m1/s1. The van der Waals surface area contributed by atoms with Crippen molar-refractivity contribution in [1.82, 2.24) is 0 Å². The lowest BCUT2D eigenvalue weighted by Crippen LogP contribution is -2.58. The number of rotatable bonds is 6. The molecule has 0 radical (unpaired) electrons. The molecule has 2 unspecified atom stereocenters. The number of aliphatic hydroxyl groups excluding tert-OH is 4. The third-order valence-corrected chi connectivity index (χ3v) is 2.60. The van der Waals surface area contributed by atoms with E-state index in [4.69, 9.17) is 19.8 Å². The Hall–Kier alpha value is -0.295. The molecular formula is C8H17BO9. The fraction of sp³-hybridized carbons (Fsp3) is 1.00. The van der Waals surface area contributed by atoms with E-state index in [9.17, 15) is 20.4 Å². The van der Waals surface area contributed by atoms with Gasteiger partial charge >= 0.3 is 7.12 Å². The maximum absolute atomic E-state index is 9.54. The van der Waals surface area contributed by atoms with E-state index in [1.54, 1.807) is 0 Å². The van der Waals surface area contributed by atoms with Crippen molar-refractivity contribution in [3.05, 3.63) is 0 Å². The van der Waals surface area contributed by atoms with Crippen molar-refractivity contribution >= 4 is 7.12 Å². The number of aliphatic hydroxyl groups is 4. The molecule has 0 amide bonds. The van der Waals surface area contributed by atoms with E-state index in [0.29, 0.717) is 0 Å². The zero-order chi connectivity index (χ0) is 13.7. The molecule has 0 saturated carbocycles. The van der Waals surface area contributed by atoms with Crippen LogP contribution >= 0.6 is 0 Å². The summed E-state index contributed by atoms with van der Waals surface area (Å²) in [6.45, 7) is -0.163. The summed E-state index contributed by atoms with van der Waals surface area (Å²) < 4.78 is 9.85. The summed E-state index contributed by atoms with van der Waals surface area (Å²) in [6, 6.07) is 0. The van der Waals surface area contributed by atoms with Gasteiger partial charge in [-0.15, -0.1) is 0 Å². The molecule has 1 fully saturated rings. The largest absolute Gasteiger partial charge is 0.489 e. The first-order valence-corrected chi connectivity index (χ1v) is 5.41. The molecule has 1 aliphatic heterocycles. The Morgan fingerprint density at radius 3 is 2.33 bits per heavy atom. The predicted octanol–water partition coefficient (Wildman–Crippen LogP) is -3.23. The Balaban J connectivity index is 2.29. The van der Waals surface area contributed by atoms with E-state index < -0.39 is 37.8 Å². The Morgan fingerprint density at radius 1 is 1.06 bits per heavy atom. The van der Waals surface area contributed by atoms with Gasteiger partial charge in [0, 0.05) is 12.9 Å². The average Bonchev–Trinajstić information content (AvgIpc) is 2.37.